The van der Waals surface area contributed by atoms with E-state index in [1.807, 2.05) is 0 Å². The molecule has 0 aromatic heterocycles. The molecule has 11 heteroatoms. The Bertz CT molecular complexity index is 52.3. The van der Waals surface area contributed by atoms with Crippen LogP contribution in [0.4, 0.5) is 4.79 Å². The van der Waals surface area contributed by atoms with Crippen molar-refractivity contribution < 1.29 is 94.6 Å². The molecule has 0 rings (SSSR count). The van der Waals surface area contributed by atoms with E-state index in [1.165, 1.54) is 0 Å². The van der Waals surface area contributed by atoms with Crippen molar-refractivity contribution in [2.24, 2.45) is 0 Å². The summed E-state index contributed by atoms with van der Waals surface area (Å²) >= 11 is 0.250. The van der Waals surface area contributed by atoms with Crippen molar-refractivity contribution in [2.75, 3.05) is 0 Å². The van der Waals surface area contributed by atoms with E-state index in [4.69, 9.17) is 22.2 Å². The zero-order chi connectivity index (χ0) is 7.58. The second kappa shape index (κ2) is 100. The van der Waals surface area contributed by atoms with Gasteiger partial charge in [0.2, 0.25) is 0 Å². The first kappa shape index (κ1) is 54.0. The molecule has 8 N–H and O–H groups in total. The van der Waals surface area contributed by atoms with E-state index < -0.39 is 6.16 Å². The average Bonchev–Trinajstić information content (AvgIpc) is 1.75. The Balaban J connectivity index is -0.00000000575. The minimum Gasteiger partial charge on any atom is 0 e. The van der Waals surface area contributed by atoms with Crippen molar-refractivity contribution in [1.82, 2.24) is 0 Å². The molecule has 0 atom stereocenters. The maximum absolute atomic E-state index is 8.56. The summed E-state index contributed by atoms with van der Waals surface area (Å²) in [5.41, 5.74) is 0. The number of carboxylic acid groups (broad SMARTS) is 2. The molecule has 0 fully saturated rings. The minimum atomic E-state index is -1.83. The van der Waals surface area contributed by atoms with Gasteiger partial charge < -0.3 is 26.6 Å². The first-order chi connectivity index (χ1) is 3.73. The van der Waals surface area contributed by atoms with Crippen LogP contribution in [0.25, 0.3) is 0 Å². The Labute approximate surface area is 100 Å². The maximum Gasteiger partial charge on any atom is 0 e. The van der Waals surface area contributed by atoms with Crippen LogP contribution in [0, 0.1) is 0 Å². The smallest absolute Gasteiger partial charge is 0 e. The molecule has 0 aromatic carbocycles. The zero-order valence-electron chi connectivity index (χ0n) is 6.24. The molecular formula is CH8O8Zn3. The van der Waals surface area contributed by atoms with Crippen molar-refractivity contribution in [2.45, 2.75) is 0 Å². The molecule has 0 aromatic rings. The van der Waals surface area contributed by atoms with E-state index >= 15 is 0 Å². The van der Waals surface area contributed by atoms with Gasteiger partial charge in [0.1, 0.15) is 0 Å². The number of carbonyl (C=O) groups is 1. The molecule has 0 aliphatic carbocycles. The van der Waals surface area contributed by atoms with Gasteiger partial charge in [-0.2, -0.15) is 0 Å². The maximum atomic E-state index is 8.56. The summed E-state index contributed by atoms with van der Waals surface area (Å²) in [5, 5.41) is 13.9. The second-order valence-corrected chi connectivity index (χ2v) is 0.283. The summed E-state index contributed by atoms with van der Waals surface area (Å²) in [4.78, 5) is 8.56. The summed E-state index contributed by atoms with van der Waals surface area (Å²) < 4.78 is 16.8. The molecule has 0 aliphatic rings. The molecule has 0 radical (unpaired) electrons. The fraction of sp³-hybridized carbons (Fsp3) is 0. The van der Waals surface area contributed by atoms with Crippen LogP contribution in [0.1, 0.15) is 0 Å². The largest absolute Gasteiger partial charge is 0 e. The fourth-order valence-corrected chi connectivity index (χ4v) is 0. The Morgan fingerprint density at radius 2 is 0.833 bits per heavy atom. The normalized spacial score (nSPS) is 3.00. The second-order valence-electron chi connectivity index (χ2n) is 0.283. The molecular weight excluding hydrogens is 336 g/mol. The van der Waals surface area contributed by atoms with Crippen LogP contribution in [0.3, 0.4) is 0 Å². The van der Waals surface area contributed by atoms with Gasteiger partial charge in [-0.15, -0.1) is 0 Å². The summed E-state index contributed by atoms with van der Waals surface area (Å²) in [6, 6.07) is 0. The quantitative estimate of drug-likeness (QED) is 0.459. The van der Waals surface area contributed by atoms with Gasteiger partial charge in [0.05, 0.1) is 0 Å². The summed E-state index contributed by atoms with van der Waals surface area (Å²) in [5.74, 6) is 0. The van der Waals surface area contributed by atoms with E-state index in [0.717, 1.165) is 0 Å². The third-order valence-corrected chi connectivity index (χ3v) is 0. The Morgan fingerprint density at radius 3 is 0.833 bits per heavy atom. The molecule has 0 unspecified atom stereocenters. The van der Waals surface area contributed by atoms with Gasteiger partial charge >= 0.3 is 49.8 Å². The molecule has 0 heterocycles. The molecule has 12 heavy (non-hydrogen) atoms. The van der Waals surface area contributed by atoms with Crippen molar-refractivity contribution in [1.29, 1.82) is 0 Å². The van der Waals surface area contributed by atoms with Crippen LogP contribution < -0.4 is 0 Å². The van der Waals surface area contributed by atoms with Crippen molar-refractivity contribution in [3.8, 4) is 0 Å². The van der Waals surface area contributed by atoms with E-state index in [2.05, 4.69) is 0 Å². The summed E-state index contributed by atoms with van der Waals surface area (Å²) in [6.07, 6.45) is -1.83. The number of rotatable bonds is 0. The van der Waals surface area contributed by atoms with Crippen molar-refractivity contribution >= 4 is 6.16 Å². The van der Waals surface area contributed by atoms with Crippen molar-refractivity contribution in [3.05, 3.63) is 0 Å². The standard InChI is InChI=1S/CH2O3.3H2O.2O.3Zn/c2-1(3)4;;;;;;;;/h(H2,2,3,4);3*1H2;;;;;. The monoisotopic (exact) mass is 340 g/mol. The molecule has 0 spiro atoms. The molecule has 66 valence electrons. The average molecular weight is 344 g/mol. The summed E-state index contributed by atoms with van der Waals surface area (Å²) in [7, 11) is 0. The van der Waals surface area contributed by atoms with Crippen LogP contribution in [0.2, 0.25) is 0 Å². The molecule has 0 amide bonds. The minimum absolute atomic E-state index is 0. The fourth-order valence-electron chi connectivity index (χ4n) is 0. The van der Waals surface area contributed by atoms with Gasteiger partial charge in [0, 0.05) is 19.5 Å². The Hall–Kier alpha value is 0.620. The van der Waals surface area contributed by atoms with Crippen LogP contribution in [0.15, 0.2) is 0 Å². The number of hydrogen-bond donors (Lipinski definition) is 2. The van der Waals surface area contributed by atoms with E-state index in [9.17, 15) is 0 Å². The molecule has 0 bridgehead atoms. The molecule has 8 nitrogen and oxygen atoms in total. The zero-order valence-corrected chi connectivity index (χ0v) is 15.1. The Kier molecular flexibility index (Phi) is 450. The van der Waals surface area contributed by atoms with Gasteiger partial charge in [0.25, 0.3) is 0 Å². The molecule has 0 saturated carbocycles. The molecule has 0 saturated heterocycles. The van der Waals surface area contributed by atoms with E-state index in [1.54, 1.807) is 0 Å². The van der Waals surface area contributed by atoms with E-state index in [-0.39, 0.29) is 72.4 Å². The first-order valence-electron chi connectivity index (χ1n) is 1.23. The van der Waals surface area contributed by atoms with Crippen LogP contribution in [-0.4, -0.2) is 32.8 Å². The first-order valence-corrected chi connectivity index (χ1v) is 3.65. The van der Waals surface area contributed by atoms with Gasteiger partial charge in [0.15, 0.2) is 0 Å². The topological polar surface area (TPSA) is 186 Å². The summed E-state index contributed by atoms with van der Waals surface area (Å²) in [6.45, 7) is 0. The van der Waals surface area contributed by atoms with Crippen LogP contribution in [0.5, 0.6) is 0 Å². The van der Waals surface area contributed by atoms with Crippen molar-refractivity contribution in [3.63, 3.8) is 0 Å². The molecule has 0 aliphatic heterocycles. The van der Waals surface area contributed by atoms with Gasteiger partial charge in [-0.1, -0.05) is 0 Å². The predicted molar refractivity (Wildman–Crippen MR) is 22.9 cm³/mol. The predicted octanol–water partition coefficient (Wildman–Crippen LogP) is -2.50. The van der Waals surface area contributed by atoms with Gasteiger partial charge in [-0.25, -0.2) is 4.79 Å². The Morgan fingerprint density at radius 1 is 0.833 bits per heavy atom. The van der Waals surface area contributed by atoms with Gasteiger partial charge in [-0.3, -0.25) is 0 Å². The number of hydrogen-bond acceptors (Lipinski definition) is 3. The van der Waals surface area contributed by atoms with Crippen LogP contribution in [-0.2, 0) is 63.1 Å². The van der Waals surface area contributed by atoms with E-state index in [0.29, 0.717) is 0 Å². The van der Waals surface area contributed by atoms with Gasteiger partial charge in [-0.05, 0) is 0 Å². The SMILES string of the molecule is O.O.O.O=C(O)O.[O]=[Zn].[O]=[Zn].[Zn]. The van der Waals surface area contributed by atoms with Crippen LogP contribution >= 0.6 is 0 Å². The third kappa shape index (κ3) is 2560. The third-order valence-electron chi connectivity index (χ3n) is 0.